The van der Waals surface area contributed by atoms with E-state index in [1.165, 1.54) is 0 Å². The maximum Gasteiger partial charge on any atom is 0.389 e. The number of nitrogens with two attached hydrogens (primary N) is 1. The highest BCUT2D eigenvalue weighted by molar-refractivity contribution is 9.11. The summed E-state index contributed by atoms with van der Waals surface area (Å²) in [7, 11) is 0. The SMILES string of the molecule is NC(CCCC(F)(F)F)c1cc(Br)ccc1Br. The molecule has 0 aliphatic rings. The van der Waals surface area contributed by atoms with Crippen molar-refractivity contribution in [2.24, 2.45) is 5.73 Å². The van der Waals surface area contributed by atoms with Gasteiger partial charge in [0.25, 0.3) is 0 Å². The molecule has 2 N–H and O–H groups in total. The predicted molar refractivity (Wildman–Crippen MR) is 68.7 cm³/mol. The number of benzene rings is 1. The molecule has 0 radical (unpaired) electrons. The first-order chi connectivity index (χ1) is 7.79. The van der Waals surface area contributed by atoms with Crippen molar-refractivity contribution in [3.63, 3.8) is 0 Å². The maximum atomic E-state index is 12.0. The van der Waals surface area contributed by atoms with Crippen LogP contribution in [0.3, 0.4) is 0 Å². The third-order valence-corrected chi connectivity index (χ3v) is 3.55. The van der Waals surface area contributed by atoms with Crippen molar-refractivity contribution in [2.75, 3.05) is 0 Å². The Morgan fingerprint density at radius 2 is 1.88 bits per heavy atom. The number of alkyl halides is 3. The van der Waals surface area contributed by atoms with Gasteiger partial charge in [-0.15, -0.1) is 0 Å². The standard InChI is InChI=1S/C11H12Br2F3N/c12-7-3-4-9(13)8(6-7)10(17)2-1-5-11(14,15)16/h3-4,6,10H,1-2,5,17H2. The molecule has 0 aromatic heterocycles. The molecule has 0 saturated carbocycles. The lowest BCUT2D eigenvalue weighted by Gasteiger charge is -2.15. The van der Waals surface area contributed by atoms with Crippen molar-refractivity contribution in [3.05, 3.63) is 32.7 Å². The van der Waals surface area contributed by atoms with Crippen molar-refractivity contribution in [2.45, 2.75) is 31.5 Å². The third kappa shape index (κ3) is 5.40. The molecule has 0 amide bonds. The van der Waals surface area contributed by atoms with E-state index in [1.54, 1.807) is 0 Å². The predicted octanol–water partition coefficient (Wildman–Crippen LogP) is 4.94. The summed E-state index contributed by atoms with van der Waals surface area (Å²) in [6, 6.07) is 5.10. The van der Waals surface area contributed by atoms with E-state index in [-0.39, 0.29) is 12.5 Å². The quantitative estimate of drug-likeness (QED) is 0.793. The van der Waals surface area contributed by atoms with E-state index in [0.717, 1.165) is 14.5 Å². The van der Waals surface area contributed by atoms with Gasteiger partial charge in [0.15, 0.2) is 0 Å². The zero-order valence-corrected chi connectivity index (χ0v) is 12.1. The van der Waals surface area contributed by atoms with Crippen LogP contribution in [0, 0.1) is 0 Å². The highest BCUT2D eigenvalue weighted by Gasteiger charge is 2.26. The van der Waals surface area contributed by atoms with Gasteiger partial charge in [0.1, 0.15) is 0 Å². The molecule has 0 aliphatic heterocycles. The van der Waals surface area contributed by atoms with Gasteiger partial charge < -0.3 is 5.73 Å². The molecule has 0 bridgehead atoms. The summed E-state index contributed by atoms with van der Waals surface area (Å²) in [5.74, 6) is 0. The van der Waals surface area contributed by atoms with Crippen LogP contribution in [-0.2, 0) is 0 Å². The minimum Gasteiger partial charge on any atom is -0.324 e. The second-order valence-corrected chi connectivity index (χ2v) is 5.55. The molecule has 1 nitrogen and oxygen atoms in total. The first-order valence-electron chi connectivity index (χ1n) is 5.07. The first kappa shape index (κ1) is 15.0. The monoisotopic (exact) mass is 373 g/mol. The summed E-state index contributed by atoms with van der Waals surface area (Å²) < 4.78 is 37.7. The van der Waals surface area contributed by atoms with E-state index >= 15 is 0 Å². The van der Waals surface area contributed by atoms with Gasteiger partial charge in [-0.3, -0.25) is 0 Å². The highest BCUT2D eigenvalue weighted by Crippen LogP contribution is 2.30. The van der Waals surface area contributed by atoms with Crippen molar-refractivity contribution >= 4 is 31.9 Å². The molecule has 1 rings (SSSR count). The van der Waals surface area contributed by atoms with E-state index < -0.39 is 12.6 Å². The summed E-state index contributed by atoms with van der Waals surface area (Å²) >= 11 is 6.65. The van der Waals surface area contributed by atoms with Gasteiger partial charge in [-0.1, -0.05) is 31.9 Å². The Morgan fingerprint density at radius 1 is 1.24 bits per heavy atom. The molecule has 0 saturated heterocycles. The van der Waals surface area contributed by atoms with E-state index in [0.29, 0.717) is 6.42 Å². The number of hydrogen-bond acceptors (Lipinski definition) is 1. The molecular weight excluding hydrogens is 363 g/mol. The average Bonchev–Trinajstić information content (AvgIpc) is 2.19. The smallest absolute Gasteiger partial charge is 0.324 e. The van der Waals surface area contributed by atoms with Gasteiger partial charge in [-0.05, 0) is 36.6 Å². The summed E-state index contributed by atoms with van der Waals surface area (Å²) in [5, 5.41) is 0. The van der Waals surface area contributed by atoms with Crippen LogP contribution in [-0.4, -0.2) is 6.18 Å². The van der Waals surface area contributed by atoms with Crippen LogP contribution in [0.4, 0.5) is 13.2 Å². The van der Waals surface area contributed by atoms with Gasteiger partial charge in [0, 0.05) is 21.4 Å². The minimum atomic E-state index is -4.10. The number of rotatable bonds is 4. The Balaban J connectivity index is 2.58. The molecule has 1 atom stereocenters. The van der Waals surface area contributed by atoms with Crippen LogP contribution >= 0.6 is 31.9 Å². The lowest BCUT2D eigenvalue weighted by Crippen LogP contribution is -2.13. The number of hydrogen-bond donors (Lipinski definition) is 1. The molecule has 1 unspecified atom stereocenters. The Morgan fingerprint density at radius 3 is 2.47 bits per heavy atom. The fourth-order valence-electron chi connectivity index (χ4n) is 1.48. The van der Waals surface area contributed by atoms with Crippen LogP contribution in [0.25, 0.3) is 0 Å². The largest absolute Gasteiger partial charge is 0.389 e. The van der Waals surface area contributed by atoms with E-state index in [9.17, 15) is 13.2 Å². The highest BCUT2D eigenvalue weighted by atomic mass is 79.9. The normalized spacial score (nSPS) is 13.8. The van der Waals surface area contributed by atoms with Gasteiger partial charge in [-0.25, -0.2) is 0 Å². The fraction of sp³-hybridized carbons (Fsp3) is 0.455. The fourth-order valence-corrected chi connectivity index (χ4v) is 2.40. The van der Waals surface area contributed by atoms with E-state index in [2.05, 4.69) is 31.9 Å². The van der Waals surface area contributed by atoms with Gasteiger partial charge in [0.2, 0.25) is 0 Å². The van der Waals surface area contributed by atoms with Crippen molar-refractivity contribution in [1.82, 2.24) is 0 Å². The summed E-state index contributed by atoms with van der Waals surface area (Å²) in [5.41, 5.74) is 6.70. The van der Waals surface area contributed by atoms with Gasteiger partial charge in [0.05, 0.1) is 0 Å². The van der Waals surface area contributed by atoms with E-state index in [1.807, 2.05) is 18.2 Å². The summed E-state index contributed by atoms with van der Waals surface area (Å²) in [6.07, 6.45) is -4.53. The summed E-state index contributed by atoms with van der Waals surface area (Å²) in [4.78, 5) is 0. The molecule has 1 aromatic rings. The topological polar surface area (TPSA) is 26.0 Å². The van der Waals surface area contributed by atoms with E-state index in [4.69, 9.17) is 5.73 Å². The van der Waals surface area contributed by atoms with Gasteiger partial charge >= 0.3 is 6.18 Å². The van der Waals surface area contributed by atoms with Crippen molar-refractivity contribution in [1.29, 1.82) is 0 Å². The van der Waals surface area contributed by atoms with Gasteiger partial charge in [-0.2, -0.15) is 13.2 Å². The molecule has 6 heteroatoms. The molecule has 0 spiro atoms. The third-order valence-electron chi connectivity index (χ3n) is 2.33. The molecule has 0 fully saturated rings. The Labute approximate surface area is 115 Å². The molecule has 17 heavy (non-hydrogen) atoms. The molecule has 1 aromatic carbocycles. The zero-order valence-electron chi connectivity index (χ0n) is 8.90. The lowest BCUT2D eigenvalue weighted by molar-refractivity contribution is -0.135. The zero-order chi connectivity index (χ0) is 13.1. The van der Waals surface area contributed by atoms with Crippen molar-refractivity contribution in [3.8, 4) is 0 Å². The molecular formula is C11H12Br2F3N. The Hall–Kier alpha value is -0.0700. The minimum absolute atomic E-state index is 0.0453. The van der Waals surface area contributed by atoms with Crippen LogP contribution in [0.1, 0.15) is 30.9 Å². The summed E-state index contributed by atoms with van der Waals surface area (Å²) in [6.45, 7) is 0. The average molecular weight is 375 g/mol. The van der Waals surface area contributed by atoms with Crippen LogP contribution in [0.5, 0.6) is 0 Å². The lowest BCUT2D eigenvalue weighted by atomic mass is 10.0. The van der Waals surface area contributed by atoms with Crippen LogP contribution in [0.2, 0.25) is 0 Å². The number of halogens is 5. The Kier molecular flexibility index (Phi) is 5.47. The van der Waals surface area contributed by atoms with Crippen molar-refractivity contribution < 1.29 is 13.2 Å². The molecule has 96 valence electrons. The second-order valence-electron chi connectivity index (χ2n) is 3.78. The maximum absolute atomic E-state index is 12.0. The van der Waals surface area contributed by atoms with Crippen LogP contribution in [0.15, 0.2) is 27.1 Å². The molecule has 0 heterocycles. The second kappa shape index (κ2) is 6.20. The first-order valence-corrected chi connectivity index (χ1v) is 6.65. The molecule has 0 aliphatic carbocycles. The van der Waals surface area contributed by atoms with Crippen LogP contribution < -0.4 is 5.73 Å². The Bertz CT molecular complexity index is 379.